The molecule has 0 aliphatic carbocycles. The number of hydrogen-bond donors (Lipinski definition) is 4. The SMILES string of the molecule is NC1c2ncn(C3OC(CO)C(O)C3O)c2N=CN1[O-]. The van der Waals surface area contributed by atoms with Gasteiger partial charge in [-0.3, -0.25) is 4.57 Å². The van der Waals surface area contributed by atoms with Crippen LogP contribution in [0.2, 0.25) is 0 Å². The Labute approximate surface area is 113 Å². The fraction of sp³-hybridized carbons (Fsp3) is 0.600. The molecule has 5 unspecified atom stereocenters. The molecule has 1 aromatic heterocycles. The van der Waals surface area contributed by atoms with Crippen molar-refractivity contribution < 1.29 is 20.1 Å². The first kappa shape index (κ1) is 13.4. The lowest BCUT2D eigenvalue weighted by Crippen LogP contribution is -2.33. The maximum Gasteiger partial charge on any atom is 0.165 e. The van der Waals surface area contributed by atoms with E-state index in [0.29, 0.717) is 5.06 Å². The standard InChI is InChI=1S/C10H14N5O5/c11-8-5-9(13-3-15(8)19)14(2-12-5)10-7(18)6(17)4(1-16)20-10/h2-4,6-8,10,16-18H,1,11H2/q-1. The van der Waals surface area contributed by atoms with Gasteiger partial charge in [0.1, 0.15) is 30.2 Å². The van der Waals surface area contributed by atoms with Gasteiger partial charge in [-0.2, -0.15) is 0 Å². The van der Waals surface area contributed by atoms with Crippen molar-refractivity contribution in [1.82, 2.24) is 14.6 Å². The Morgan fingerprint density at radius 3 is 2.80 bits per heavy atom. The van der Waals surface area contributed by atoms with Crippen LogP contribution in [0.15, 0.2) is 11.3 Å². The van der Waals surface area contributed by atoms with Gasteiger partial charge < -0.3 is 36.1 Å². The van der Waals surface area contributed by atoms with E-state index in [4.69, 9.17) is 15.6 Å². The molecule has 1 aromatic rings. The molecule has 1 saturated heterocycles. The second-order valence-corrected chi connectivity index (χ2v) is 4.64. The second-order valence-electron chi connectivity index (χ2n) is 4.64. The molecule has 10 nitrogen and oxygen atoms in total. The minimum atomic E-state index is -1.25. The highest BCUT2D eigenvalue weighted by molar-refractivity contribution is 5.65. The first-order valence-electron chi connectivity index (χ1n) is 5.99. The summed E-state index contributed by atoms with van der Waals surface area (Å²) in [5.74, 6) is 0.277. The van der Waals surface area contributed by atoms with Crippen LogP contribution in [-0.4, -0.2) is 61.2 Å². The lowest BCUT2D eigenvalue weighted by atomic mass is 10.1. The highest BCUT2D eigenvalue weighted by atomic mass is 16.6. The van der Waals surface area contributed by atoms with E-state index in [1.165, 1.54) is 10.9 Å². The molecule has 3 heterocycles. The fourth-order valence-corrected chi connectivity index (χ4v) is 2.31. The number of aliphatic hydroxyl groups excluding tert-OH is 3. The number of aliphatic hydroxyl groups is 3. The average molecular weight is 284 g/mol. The normalized spacial score (nSPS) is 36.5. The van der Waals surface area contributed by atoms with E-state index in [-0.39, 0.29) is 11.5 Å². The van der Waals surface area contributed by atoms with Crippen molar-refractivity contribution >= 4 is 12.2 Å². The summed E-state index contributed by atoms with van der Waals surface area (Å²) < 4.78 is 6.75. The molecule has 3 rings (SSSR count). The van der Waals surface area contributed by atoms with Crippen molar-refractivity contribution in [2.75, 3.05) is 6.61 Å². The number of hydrogen-bond acceptors (Lipinski definition) is 9. The van der Waals surface area contributed by atoms with Crippen molar-refractivity contribution in [2.45, 2.75) is 30.7 Å². The zero-order valence-electron chi connectivity index (χ0n) is 10.3. The highest BCUT2D eigenvalue weighted by Gasteiger charge is 2.44. The van der Waals surface area contributed by atoms with Crippen LogP contribution < -0.4 is 5.73 Å². The minimum Gasteiger partial charge on any atom is -0.756 e. The molecule has 0 spiro atoms. The largest absolute Gasteiger partial charge is 0.756 e. The third-order valence-corrected chi connectivity index (χ3v) is 3.43. The lowest BCUT2D eigenvalue weighted by Gasteiger charge is -2.34. The van der Waals surface area contributed by atoms with Crippen LogP contribution >= 0.6 is 0 Å². The summed E-state index contributed by atoms with van der Waals surface area (Å²) in [4.78, 5) is 7.90. The Hall–Kier alpha value is -1.56. The summed E-state index contributed by atoms with van der Waals surface area (Å²) in [5, 5.41) is 40.6. The number of rotatable bonds is 2. The molecule has 0 radical (unpaired) electrons. The first-order chi connectivity index (χ1) is 9.54. The molecule has 5 atom stereocenters. The quantitative estimate of drug-likeness (QED) is 0.483. The van der Waals surface area contributed by atoms with Crippen molar-refractivity contribution in [1.29, 1.82) is 0 Å². The van der Waals surface area contributed by atoms with Crippen LogP contribution in [0.4, 0.5) is 5.82 Å². The van der Waals surface area contributed by atoms with E-state index < -0.39 is 37.3 Å². The molecular formula is C10H14N5O5-. The molecule has 5 N–H and O–H groups in total. The van der Waals surface area contributed by atoms with Gasteiger partial charge in [0.2, 0.25) is 0 Å². The topological polar surface area (TPSA) is 152 Å². The van der Waals surface area contributed by atoms with E-state index in [2.05, 4.69) is 9.98 Å². The molecular weight excluding hydrogens is 270 g/mol. The number of fused-ring (bicyclic) bond motifs is 1. The van der Waals surface area contributed by atoms with Crippen LogP contribution in [0.25, 0.3) is 0 Å². The molecule has 20 heavy (non-hydrogen) atoms. The minimum absolute atomic E-state index is 0.250. The van der Waals surface area contributed by atoms with Crippen LogP contribution in [-0.2, 0) is 4.74 Å². The van der Waals surface area contributed by atoms with Crippen molar-refractivity contribution in [3.63, 3.8) is 0 Å². The number of aliphatic imine (C=N–C) groups is 1. The molecule has 2 aliphatic heterocycles. The summed E-state index contributed by atoms with van der Waals surface area (Å²) in [6.45, 7) is -0.428. The third kappa shape index (κ3) is 1.82. The fourth-order valence-electron chi connectivity index (χ4n) is 2.31. The Kier molecular flexibility index (Phi) is 3.20. The lowest BCUT2D eigenvalue weighted by molar-refractivity contribution is -0.0520. The van der Waals surface area contributed by atoms with Gasteiger partial charge in [-0.1, -0.05) is 0 Å². The maximum atomic E-state index is 11.3. The van der Waals surface area contributed by atoms with Gasteiger partial charge in [0, 0.05) is 0 Å². The van der Waals surface area contributed by atoms with Crippen molar-refractivity contribution in [3.8, 4) is 0 Å². The second kappa shape index (κ2) is 4.77. The average Bonchev–Trinajstić information content (AvgIpc) is 2.98. The summed E-state index contributed by atoms with van der Waals surface area (Å²) in [7, 11) is 0. The molecule has 0 saturated carbocycles. The number of aromatic nitrogens is 2. The van der Waals surface area contributed by atoms with Gasteiger partial charge in [0.05, 0.1) is 19.3 Å². The Balaban J connectivity index is 1.95. The van der Waals surface area contributed by atoms with E-state index in [9.17, 15) is 15.4 Å². The third-order valence-electron chi connectivity index (χ3n) is 3.43. The van der Waals surface area contributed by atoms with Crippen LogP contribution in [0.5, 0.6) is 0 Å². The van der Waals surface area contributed by atoms with E-state index >= 15 is 0 Å². The maximum absolute atomic E-state index is 11.3. The Morgan fingerprint density at radius 2 is 2.15 bits per heavy atom. The summed E-state index contributed by atoms with van der Waals surface area (Å²) in [6.07, 6.45) is -2.98. The summed E-state index contributed by atoms with van der Waals surface area (Å²) in [6, 6.07) is 0. The molecule has 0 bridgehead atoms. The molecule has 1 fully saturated rings. The highest BCUT2D eigenvalue weighted by Crippen LogP contribution is 2.36. The van der Waals surface area contributed by atoms with Gasteiger partial charge in [-0.05, 0) is 0 Å². The van der Waals surface area contributed by atoms with Crippen LogP contribution in [0.1, 0.15) is 18.1 Å². The van der Waals surface area contributed by atoms with Gasteiger partial charge in [-0.25, -0.2) is 9.98 Å². The van der Waals surface area contributed by atoms with Crippen molar-refractivity contribution in [2.24, 2.45) is 10.7 Å². The van der Waals surface area contributed by atoms with E-state index in [1.807, 2.05) is 0 Å². The summed E-state index contributed by atoms with van der Waals surface area (Å²) >= 11 is 0. The number of imidazole rings is 1. The van der Waals surface area contributed by atoms with Gasteiger partial charge in [0.15, 0.2) is 12.0 Å². The smallest absolute Gasteiger partial charge is 0.165 e. The predicted octanol–water partition coefficient (Wildman–Crippen LogP) is -2.07. The van der Waals surface area contributed by atoms with E-state index in [1.54, 1.807) is 0 Å². The monoisotopic (exact) mass is 284 g/mol. The summed E-state index contributed by atoms with van der Waals surface area (Å²) in [5.41, 5.74) is 5.92. The Morgan fingerprint density at radius 1 is 1.40 bits per heavy atom. The number of nitrogens with zero attached hydrogens (tertiary/aromatic N) is 4. The van der Waals surface area contributed by atoms with Crippen LogP contribution in [0.3, 0.4) is 0 Å². The number of ether oxygens (including phenoxy) is 1. The predicted molar refractivity (Wildman–Crippen MR) is 65.5 cm³/mol. The van der Waals surface area contributed by atoms with Gasteiger partial charge in [0.25, 0.3) is 0 Å². The molecule has 0 aromatic carbocycles. The zero-order valence-corrected chi connectivity index (χ0v) is 10.3. The molecule has 10 heteroatoms. The number of nitrogens with two attached hydrogens (primary N) is 1. The van der Waals surface area contributed by atoms with Crippen molar-refractivity contribution in [3.05, 3.63) is 17.2 Å². The zero-order chi connectivity index (χ0) is 14.4. The van der Waals surface area contributed by atoms with Crippen LogP contribution in [0, 0.1) is 5.21 Å². The van der Waals surface area contributed by atoms with E-state index in [0.717, 1.165) is 6.34 Å². The molecule has 2 aliphatic rings. The Bertz CT molecular complexity index is 534. The van der Waals surface area contributed by atoms with Gasteiger partial charge >= 0.3 is 0 Å². The first-order valence-corrected chi connectivity index (χ1v) is 5.99. The van der Waals surface area contributed by atoms with Gasteiger partial charge in [-0.15, -0.1) is 0 Å². The molecule has 110 valence electrons. The number of hydroxylamine groups is 2. The molecule has 0 amide bonds.